The lowest BCUT2D eigenvalue weighted by atomic mass is 9.97. The van der Waals surface area contributed by atoms with Crippen molar-refractivity contribution in [2.45, 2.75) is 33.0 Å². The molecule has 2 aromatic heterocycles. The van der Waals surface area contributed by atoms with Gasteiger partial charge in [0.1, 0.15) is 0 Å². The summed E-state index contributed by atoms with van der Waals surface area (Å²) in [6, 6.07) is 15.3. The van der Waals surface area contributed by atoms with Crippen molar-refractivity contribution in [1.82, 2.24) is 19.8 Å². The van der Waals surface area contributed by atoms with Crippen LogP contribution in [0.2, 0.25) is 0 Å². The molecule has 0 aliphatic carbocycles. The third kappa shape index (κ3) is 9.39. The van der Waals surface area contributed by atoms with Gasteiger partial charge in [-0.15, -0.1) is 37.2 Å². The zero-order valence-corrected chi connectivity index (χ0v) is 32.6. The molecule has 1 atom stereocenters. The van der Waals surface area contributed by atoms with Crippen molar-refractivity contribution in [2.24, 2.45) is 5.92 Å². The van der Waals surface area contributed by atoms with Crippen LogP contribution in [0.25, 0.3) is 22.5 Å². The SMILES string of the molecule is COc1cc(-c2cc(CN3CCN(Cc4ccnc(-c5cc(OC)c(OC)c(OC)c5)c4)C(C(C)C)C3=O)ccn2)cc(OC)c1OC.Cl.Cl.Cl. The Morgan fingerprint density at radius 1 is 0.627 bits per heavy atom. The van der Waals surface area contributed by atoms with Gasteiger partial charge >= 0.3 is 0 Å². The van der Waals surface area contributed by atoms with E-state index in [2.05, 4.69) is 34.8 Å². The van der Waals surface area contributed by atoms with E-state index in [-0.39, 0.29) is 55.1 Å². The number of ether oxygens (including phenoxy) is 6. The average Bonchev–Trinajstić information content (AvgIpc) is 3.11. The molecule has 0 radical (unpaired) electrons. The number of halogens is 3. The molecule has 5 rings (SSSR count). The number of amides is 1. The van der Waals surface area contributed by atoms with Gasteiger partial charge in [0.05, 0.1) is 60.1 Å². The maximum Gasteiger partial charge on any atom is 0.240 e. The zero-order chi connectivity index (χ0) is 34.4. The summed E-state index contributed by atoms with van der Waals surface area (Å²) in [5.74, 6) is 3.50. The van der Waals surface area contributed by atoms with Gasteiger partial charge in [-0.25, -0.2) is 0 Å². The monoisotopic (exact) mass is 764 g/mol. The number of nitrogens with zero attached hydrogens (tertiary/aromatic N) is 4. The fourth-order valence-corrected chi connectivity index (χ4v) is 6.26. The van der Waals surface area contributed by atoms with Crippen molar-refractivity contribution in [2.75, 3.05) is 55.7 Å². The van der Waals surface area contributed by atoms with Crippen molar-refractivity contribution in [3.8, 4) is 57.0 Å². The van der Waals surface area contributed by atoms with Crippen LogP contribution >= 0.6 is 37.2 Å². The second-order valence-corrected chi connectivity index (χ2v) is 11.8. The lowest BCUT2D eigenvalue weighted by Crippen LogP contribution is -2.58. The Kier molecular flexibility index (Phi) is 16.4. The summed E-state index contributed by atoms with van der Waals surface area (Å²) in [5, 5.41) is 0. The van der Waals surface area contributed by atoms with Gasteiger partial charge < -0.3 is 33.3 Å². The van der Waals surface area contributed by atoms with E-state index in [4.69, 9.17) is 28.4 Å². The quantitative estimate of drug-likeness (QED) is 0.141. The van der Waals surface area contributed by atoms with Gasteiger partial charge in [-0.2, -0.15) is 0 Å². The second-order valence-electron chi connectivity index (χ2n) is 11.8. The van der Waals surface area contributed by atoms with Gasteiger partial charge in [-0.05, 0) is 65.6 Å². The number of aromatic nitrogens is 2. The normalized spacial score (nSPS) is 14.1. The van der Waals surface area contributed by atoms with E-state index in [0.717, 1.165) is 40.2 Å². The first-order chi connectivity index (χ1) is 23.2. The summed E-state index contributed by atoms with van der Waals surface area (Å²) in [7, 11) is 9.52. The maximum absolute atomic E-state index is 14.0. The Morgan fingerprint density at radius 3 is 1.41 bits per heavy atom. The number of carbonyl (C=O) groups excluding carboxylic acids is 1. The van der Waals surface area contributed by atoms with E-state index in [1.54, 1.807) is 55.1 Å². The van der Waals surface area contributed by atoms with Crippen molar-refractivity contribution >= 4 is 43.1 Å². The number of methoxy groups -OCH3 is 6. The molecule has 1 amide bonds. The number of pyridine rings is 2. The molecular formula is C37H47Cl3N4O7. The summed E-state index contributed by atoms with van der Waals surface area (Å²) in [4.78, 5) is 27.5. The molecule has 278 valence electrons. The number of benzene rings is 2. The highest BCUT2D eigenvalue weighted by molar-refractivity contribution is 5.86. The van der Waals surface area contributed by atoms with Crippen LogP contribution in [0.4, 0.5) is 0 Å². The van der Waals surface area contributed by atoms with Crippen LogP contribution in [0.1, 0.15) is 25.0 Å². The minimum atomic E-state index is -0.270. The Bertz CT molecular complexity index is 1710. The first-order valence-corrected chi connectivity index (χ1v) is 15.8. The van der Waals surface area contributed by atoms with Crippen LogP contribution < -0.4 is 28.4 Å². The Balaban J connectivity index is 0.00000300. The first-order valence-electron chi connectivity index (χ1n) is 15.8. The van der Waals surface area contributed by atoms with E-state index < -0.39 is 0 Å². The molecule has 2 aromatic carbocycles. The Hall–Kier alpha value is -4.16. The molecule has 0 N–H and O–H groups in total. The molecule has 0 bridgehead atoms. The average molecular weight is 766 g/mol. The summed E-state index contributed by atoms with van der Waals surface area (Å²) in [5.41, 5.74) is 5.24. The molecule has 1 aliphatic rings. The molecule has 14 heteroatoms. The molecule has 1 unspecified atom stereocenters. The molecular weight excluding hydrogens is 719 g/mol. The van der Waals surface area contributed by atoms with Crippen molar-refractivity contribution < 1.29 is 33.2 Å². The summed E-state index contributed by atoms with van der Waals surface area (Å²) in [6.07, 6.45) is 3.56. The van der Waals surface area contributed by atoms with Gasteiger partial charge in [0.15, 0.2) is 23.0 Å². The van der Waals surface area contributed by atoms with Crippen LogP contribution in [0, 0.1) is 5.92 Å². The highest BCUT2D eigenvalue weighted by Crippen LogP contribution is 2.42. The minimum absolute atomic E-state index is 0. The van der Waals surface area contributed by atoms with Crippen LogP contribution in [0.15, 0.2) is 60.9 Å². The second kappa shape index (κ2) is 19.4. The topological polar surface area (TPSA) is 105 Å². The van der Waals surface area contributed by atoms with E-state index in [0.29, 0.717) is 54.1 Å². The van der Waals surface area contributed by atoms with Gasteiger partial charge in [0, 0.05) is 49.7 Å². The predicted molar refractivity (Wildman–Crippen MR) is 205 cm³/mol. The molecule has 3 heterocycles. The van der Waals surface area contributed by atoms with Crippen LogP contribution in [-0.4, -0.2) is 87.5 Å². The fourth-order valence-electron chi connectivity index (χ4n) is 6.26. The van der Waals surface area contributed by atoms with E-state index >= 15 is 0 Å². The van der Waals surface area contributed by atoms with Gasteiger partial charge in [0.2, 0.25) is 17.4 Å². The number of hydrogen-bond donors (Lipinski definition) is 0. The summed E-state index contributed by atoms with van der Waals surface area (Å²) >= 11 is 0. The first kappa shape index (κ1) is 43.0. The Morgan fingerprint density at radius 2 is 1.04 bits per heavy atom. The smallest absolute Gasteiger partial charge is 0.240 e. The zero-order valence-electron chi connectivity index (χ0n) is 30.1. The van der Waals surface area contributed by atoms with Crippen LogP contribution in [0.5, 0.6) is 34.5 Å². The third-order valence-corrected chi connectivity index (χ3v) is 8.58. The maximum atomic E-state index is 14.0. The molecule has 1 saturated heterocycles. The standard InChI is InChI=1S/C37H44N4O7.3ClH/c1-23(2)34-37(42)41(22-25-10-12-39-29(16-25)27-19-32(45-5)36(48-8)33(20-27)46-6)14-13-40(34)21-24-9-11-38-28(15-24)26-17-30(43-3)35(47-7)31(18-26)44-4;;;/h9-12,15-20,23,34H,13-14,21-22H2,1-8H3;3*1H. The van der Waals surface area contributed by atoms with Crippen LogP contribution in [-0.2, 0) is 17.9 Å². The van der Waals surface area contributed by atoms with Crippen molar-refractivity contribution in [1.29, 1.82) is 0 Å². The summed E-state index contributed by atoms with van der Waals surface area (Å²) in [6.45, 7) is 6.64. The molecule has 1 aliphatic heterocycles. The lowest BCUT2D eigenvalue weighted by Gasteiger charge is -2.42. The number of rotatable bonds is 13. The van der Waals surface area contributed by atoms with E-state index in [1.807, 2.05) is 47.4 Å². The fraction of sp³-hybridized carbons (Fsp3) is 0.378. The molecule has 0 spiro atoms. The van der Waals surface area contributed by atoms with Gasteiger partial charge in [-0.3, -0.25) is 19.7 Å². The van der Waals surface area contributed by atoms with Gasteiger partial charge in [0.25, 0.3) is 0 Å². The number of piperazine rings is 1. The van der Waals surface area contributed by atoms with Crippen molar-refractivity contribution in [3.05, 3.63) is 72.1 Å². The predicted octanol–water partition coefficient (Wildman–Crippen LogP) is 7.00. The molecule has 0 saturated carbocycles. The molecule has 11 nitrogen and oxygen atoms in total. The van der Waals surface area contributed by atoms with Crippen molar-refractivity contribution in [3.63, 3.8) is 0 Å². The minimum Gasteiger partial charge on any atom is -0.493 e. The van der Waals surface area contributed by atoms with Crippen LogP contribution in [0.3, 0.4) is 0 Å². The lowest BCUT2D eigenvalue weighted by molar-refractivity contribution is -0.145. The summed E-state index contributed by atoms with van der Waals surface area (Å²) < 4.78 is 33.1. The molecule has 51 heavy (non-hydrogen) atoms. The Labute approximate surface area is 318 Å². The molecule has 1 fully saturated rings. The molecule has 4 aromatic rings. The number of carbonyl (C=O) groups is 1. The van der Waals surface area contributed by atoms with Gasteiger partial charge in [-0.1, -0.05) is 13.8 Å². The highest BCUT2D eigenvalue weighted by Gasteiger charge is 2.36. The van der Waals surface area contributed by atoms with E-state index in [1.165, 1.54) is 0 Å². The third-order valence-electron chi connectivity index (χ3n) is 8.58. The highest BCUT2D eigenvalue weighted by atomic mass is 35.5. The van der Waals surface area contributed by atoms with E-state index in [9.17, 15) is 4.79 Å². The number of hydrogen-bond acceptors (Lipinski definition) is 10. The largest absolute Gasteiger partial charge is 0.493 e.